The zero-order valence-corrected chi connectivity index (χ0v) is 12.1. The lowest BCUT2D eigenvalue weighted by Gasteiger charge is -2.19. The van der Waals surface area contributed by atoms with E-state index in [9.17, 15) is 0 Å². The molecular formula is C18H23NO. The van der Waals surface area contributed by atoms with Crippen LogP contribution in [0.15, 0.2) is 36.4 Å². The smallest absolute Gasteiger partial charge is 0.123 e. The highest BCUT2D eigenvalue weighted by Crippen LogP contribution is 2.32. The van der Waals surface area contributed by atoms with Crippen molar-refractivity contribution in [2.45, 2.75) is 51.2 Å². The molecule has 1 aliphatic rings. The topological polar surface area (TPSA) is 35.2 Å². The van der Waals surface area contributed by atoms with Gasteiger partial charge in [-0.1, -0.05) is 30.3 Å². The van der Waals surface area contributed by atoms with Gasteiger partial charge in [0.05, 0.1) is 6.10 Å². The van der Waals surface area contributed by atoms with Crippen molar-refractivity contribution in [3.05, 3.63) is 42.0 Å². The summed E-state index contributed by atoms with van der Waals surface area (Å²) >= 11 is 0. The van der Waals surface area contributed by atoms with E-state index in [0.717, 1.165) is 12.2 Å². The molecule has 20 heavy (non-hydrogen) atoms. The summed E-state index contributed by atoms with van der Waals surface area (Å²) in [4.78, 5) is 0. The van der Waals surface area contributed by atoms with Gasteiger partial charge in [-0.3, -0.25) is 0 Å². The number of nitrogens with two attached hydrogens (primary N) is 1. The highest BCUT2D eigenvalue weighted by atomic mass is 16.5. The normalized spacial score (nSPS) is 17.5. The van der Waals surface area contributed by atoms with Crippen molar-refractivity contribution in [3.63, 3.8) is 0 Å². The standard InChI is InChI=1S/C18H23NO/c1-13(19)12-17-16-9-5-2-6-14(16)10-11-18(17)20-15-7-3-4-8-15/h2,5-6,9-11,13,15H,3-4,7-8,12,19H2,1H3. The Morgan fingerprint density at radius 3 is 2.65 bits per heavy atom. The summed E-state index contributed by atoms with van der Waals surface area (Å²) in [5.41, 5.74) is 7.31. The Morgan fingerprint density at radius 2 is 1.90 bits per heavy atom. The molecule has 2 heteroatoms. The van der Waals surface area contributed by atoms with E-state index in [0.29, 0.717) is 6.10 Å². The molecule has 1 atom stereocenters. The largest absolute Gasteiger partial charge is 0.490 e. The van der Waals surface area contributed by atoms with Crippen LogP contribution in [0.2, 0.25) is 0 Å². The lowest BCUT2D eigenvalue weighted by molar-refractivity contribution is 0.208. The molecule has 0 amide bonds. The molecule has 0 bridgehead atoms. The molecule has 0 spiro atoms. The first-order chi connectivity index (χ1) is 9.74. The Kier molecular flexibility index (Phi) is 3.93. The maximum atomic E-state index is 6.26. The molecule has 106 valence electrons. The van der Waals surface area contributed by atoms with Crippen molar-refractivity contribution >= 4 is 10.8 Å². The molecule has 2 aromatic carbocycles. The van der Waals surface area contributed by atoms with Gasteiger partial charge in [0.1, 0.15) is 5.75 Å². The van der Waals surface area contributed by atoms with Gasteiger partial charge in [-0.05, 0) is 55.9 Å². The van der Waals surface area contributed by atoms with Gasteiger partial charge in [-0.25, -0.2) is 0 Å². The van der Waals surface area contributed by atoms with E-state index in [-0.39, 0.29) is 6.04 Å². The molecule has 0 heterocycles. The maximum absolute atomic E-state index is 6.26. The van der Waals surface area contributed by atoms with Crippen LogP contribution in [0.25, 0.3) is 10.8 Å². The molecule has 3 rings (SSSR count). The fourth-order valence-corrected chi connectivity index (χ4v) is 3.14. The Hall–Kier alpha value is -1.54. The van der Waals surface area contributed by atoms with Crippen molar-refractivity contribution < 1.29 is 4.74 Å². The lowest BCUT2D eigenvalue weighted by atomic mass is 9.98. The van der Waals surface area contributed by atoms with Crippen LogP contribution in [0.5, 0.6) is 5.75 Å². The van der Waals surface area contributed by atoms with E-state index in [2.05, 4.69) is 43.3 Å². The second-order valence-corrected chi connectivity index (χ2v) is 5.97. The second kappa shape index (κ2) is 5.84. The highest BCUT2D eigenvalue weighted by Gasteiger charge is 2.19. The van der Waals surface area contributed by atoms with Crippen LogP contribution in [-0.4, -0.2) is 12.1 Å². The number of fused-ring (bicyclic) bond motifs is 1. The van der Waals surface area contributed by atoms with Crippen LogP contribution < -0.4 is 10.5 Å². The SMILES string of the molecule is CC(N)Cc1c(OC2CCCC2)ccc2ccccc12. The minimum absolute atomic E-state index is 0.145. The fourth-order valence-electron chi connectivity index (χ4n) is 3.14. The molecule has 2 aromatic rings. The van der Waals surface area contributed by atoms with Gasteiger partial charge in [-0.15, -0.1) is 0 Å². The van der Waals surface area contributed by atoms with Crippen molar-refractivity contribution in [3.8, 4) is 5.75 Å². The van der Waals surface area contributed by atoms with E-state index in [1.165, 1.54) is 42.0 Å². The Labute approximate surface area is 120 Å². The first-order valence-corrected chi connectivity index (χ1v) is 7.67. The van der Waals surface area contributed by atoms with Crippen molar-refractivity contribution in [2.24, 2.45) is 5.73 Å². The van der Waals surface area contributed by atoms with E-state index >= 15 is 0 Å². The quantitative estimate of drug-likeness (QED) is 0.908. The van der Waals surface area contributed by atoms with Gasteiger partial charge in [0, 0.05) is 11.6 Å². The zero-order chi connectivity index (χ0) is 13.9. The predicted molar refractivity (Wildman–Crippen MR) is 84.2 cm³/mol. The molecule has 1 unspecified atom stereocenters. The first-order valence-electron chi connectivity index (χ1n) is 7.67. The molecule has 0 radical (unpaired) electrons. The van der Waals surface area contributed by atoms with Crippen molar-refractivity contribution in [2.75, 3.05) is 0 Å². The minimum Gasteiger partial charge on any atom is -0.490 e. The molecule has 2 N–H and O–H groups in total. The maximum Gasteiger partial charge on any atom is 0.123 e. The third-order valence-electron chi connectivity index (χ3n) is 4.12. The van der Waals surface area contributed by atoms with E-state index in [1.54, 1.807) is 0 Å². The summed E-state index contributed by atoms with van der Waals surface area (Å²) in [7, 11) is 0. The van der Waals surface area contributed by atoms with Crippen molar-refractivity contribution in [1.29, 1.82) is 0 Å². The third kappa shape index (κ3) is 2.80. The van der Waals surface area contributed by atoms with Gasteiger partial charge in [0.2, 0.25) is 0 Å². The zero-order valence-electron chi connectivity index (χ0n) is 12.1. The van der Waals surface area contributed by atoms with Crippen molar-refractivity contribution in [1.82, 2.24) is 0 Å². The van der Waals surface area contributed by atoms with Gasteiger partial charge < -0.3 is 10.5 Å². The molecule has 0 saturated heterocycles. The van der Waals surface area contributed by atoms with Crippen LogP contribution in [0.1, 0.15) is 38.2 Å². The second-order valence-electron chi connectivity index (χ2n) is 5.97. The third-order valence-corrected chi connectivity index (χ3v) is 4.12. The molecule has 1 fully saturated rings. The summed E-state index contributed by atoms with van der Waals surface area (Å²) in [6, 6.07) is 12.9. The summed E-state index contributed by atoms with van der Waals surface area (Å²) < 4.78 is 6.26. The van der Waals surface area contributed by atoms with Crippen LogP contribution in [0.3, 0.4) is 0 Å². The summed E-state index contributed by atoms with van der Waals surface area (Å²) in [6.45, 7) is 2.06. The molecule has 1 saturated carbocycles. The van der Waals surface area contributed by atoms with Crippen LogP contribution in [-0.2, 0) is 6.42 Å². The average molecular weight is 269 g/mol. The van der Waals surface area contributed by atoms with Gasteiger partial charge in [0.25, 0.3) is 0 Å². The van der Waals surface area contributed by atoms with Crippen LogP contribution in [0.4, 0.5) is 0 Å². The van der Waals surface area contributed by atoms with Crippen LogP contribution >= 0.6 is 0 Å². The number of rotatable bonds is 4. The molecule has 2 nitrogen and oxygen atoms in total. The monoisotopic (exact) mass is 269 g/mol. The van der Waals surface area contributed by atoms with E-state index in [1.807, 2.05) is 0 Å². The van der Waals surface area contributed by atoms with Gasteiger partial charge in [0.15, 0.2) is 0 Å². The Morgan fingerprint density at radius 1 is 1.15 bits per heavy atom. The predicted octanol–water partition coefficient (Wildman–Crippen LogP) is 4.05. The number of hydrogen-bond donors (Lipinski definition) is 1. The summed E-state index contributed by atoms with van der Waals surface area (Å²) in [5, 5.41) is 2.54. The molecule has 1 aliphatic carbocycles. The molecular weight excluding hydrogens is 246 g/mol. The van der Waals surface area contributed by atoms with Gasteiger partial charge in [-0.2, -0.15) is 0 Å². The first kappa shape index (κ1) is 13.4. The lowest BCUT2D eigenvalue weighted by Crippen LogP contribution is -2.20. The Bertz CT molecular complexity index is 585. The van der Waals surface area contributed by atoms with Gasteiger partial charge >= 0.3 is 0 Å². The summed E-state index contributed by atoms with van der Waals surface area (Å²) in [5.74, 6) is 1.04. The number of hydrogen-bond acceptors (Lipinski definition) is 2. The van der Waals surface area contributed by atoms with E-state index < -0.39 is 0 Å². The summed E-state index contributed by atoms with van der Waals surface area (Å²) in [6.07, 6.45) is 6.21. The molecule has 0 aliphatic heterocycles. The fraction of sp³-hybridized carbons (Fsp3) is 0.444. The highest BCUT2D eigenvalue weighted by molar-refractivity contribution is 5.87. The van der Waals surface area contributed by atoms with Crippen LogP contribution in [0, 0.1) is 0 Å². The minimum atomic E-state index is 0.145. The number of ether oxygens (including phenoxy) is 1. The Balaban J connectivity index is 2.00. The van der Waals surface area contributed by atoms with E-state index in [4.69, 9.17) is 10.5 Å². The molecule has 0 aromatic heterocycles. The average Bonchev–Trinajstić information content (AvgIpc) is 2.94. The number of benzene rings is 2.